The summed E-state index contributed by atoms with van der Waals surface area (Å²) in [7, 11) is 1.64. The third-order valence-electron chi connectivity index (χ3n) is 5.62. The number of benzene rings is 2. The third kappa shape index (κ3) is 5.80. The van der Waals surface area contributed by atoms with Gasteiger partial charge in [0.05, 0.1) is 24.9 Å². The van der Waals surface area contributed by atoms with E-state index in [-0.39, 0.29) is 6.10 Å². The average molecular weight is 537 g/mol. The van der Waals surface area contributed by atoms with Crippen LogP contribution in [0.1, 0.15) is 18.4 Å². The second-order valence-corrected chi connectivity index (χ2v) is 8.96. The Morgan fingerprint density at radius 2 is 1.91 bits per heavy atom. The highest BCUT2D eigenvalue weighted by atomic mass is 79.9. The Morgan fingerprint density at radius 3 is 2.71 bits per heavy atom. The molecule has 2 aromatic heterocycles. The lowest BCUT2D eigenvalue weighted by Gasteiger charge is -2.22. The van der Waals surface area contributed by atoms with Crippen LogP contribution in [0, 0.1) is 0 Å². The number of hydrogen-bond acceptors (Lipinski definition) is 8. The van der Waals surface area contributed by atoms with Gasteiger partial charge in [0.15, 0.2) is 0 Å². The summed E-state index contributed by atoms with van der Waals surface area (Å²) in [4.78, 5) is 13.4. The van der Waals surface area contributed by atoms with Crippen LogP contribution < -0.4 is 19.5 Å². The quantitative estimate of drug-likeness (QED) is 0.308. The van der Waals surface area contributed by atoms with Crippen LogP contribution >= 0.6 is 15.9 Å². The molecule has 5 rings (SSSR count). The van der Waals surface area contributed by atoms with E-state index in [9.17, 15) is 0 Å². The number of fused-ring (bicyclic) bond motifs is 1. The number of nitrogens with zero attached hydrogens (tertiary/aromatic N) is 3. The minimum absolute atomic E-state index is 0.0799. The minimum Gasteiger partial charge on any atom is -0.497 e. The first-order chi connectivity index (χ1) is 17.2. The van der Waals surface area contributed by atoms with Gasteiger partial charge in [-0.1, -0.05) is 0 Å². The maximum absolute atomic E-state index is 6.11. The van der Waals surface area contributed by atoms with Crippen LogP contribution in [0.2, 0.25) is 0 Å². The van der Waals surface area contributed by atoms with Crippen molar-refractivity contribution in [1.29, 1.82) is 0 Å². The number of methoxy groups -OCH3 is 1. The van der Waals surface area contributed by atoms with Gasteiger partial charge in [0, 0.05) is 41.0 Å². The van der Waals surface area contributed by atoms with E-state index in [0.29, 0.717) is 36.3 Å². The fourth-order valence-electron chi connectivity index (χ4n) is 3.78. The van der Waals surface area contributed by atoms with Crippen molar-refractivity contribution in [1.82, 2.24) is 15.0 Å². The molecule has 0 aliphatic carbocycles. The number of aromatic nitrogens is 3. The first-order valence-electron chi connectivity index (χ1n) is 11.4. The van der Waals surface area contributed by atoms with Crippen LogP contribution in [0.3, 0.4) is 0 Å². The van der Waals surface area contributed by atoms with Crippen LogP contribution in [-0.4, -0.2) is 41.4 Å². The lowest BCUT2D eigenvalue weighted by Crippen LogP contribution is -2.28. The zero-order valence-corrected chi connectivity index (χ0v) is 20.8. The lowest BCUT2D eigenvalue weighted by atomic mass is 10.2. The van der Waals surface area contributed by atoms with E-state index in [2.05, 4.69) is 31.2 Å². The Hall–Kier alpha value is -3.43. The second-order valence-electron chi connectivity index (χ2n) is 8.11. The molecule has 0 spiro atoms. The highest BCUT2D eigenvalue weighted by Gasteiger charge is 2.19. The highest BCUT2D eigenvalue weighted by molar-refractivity contribution is 9.10. The fourth-order valence-corrected chi connectivity index (χ4v) is 4.13. The zero-order valence-electron chi connectivity index (χ0n) is 19.2. The smallest absolute Gasteiger partial charge is 0.319 e. The summed E-state index contributed by atoms with van der Waals surface area (Å²) in [6.45, 7) is 1.72. The number of hydrogen-bond donors (Lipinski definition) is 1. The molecule has 1 N–H and O–H groups in total. The van der Waals surface area contributed by atoms with Crippen LogP contribution in [0.15, 0.2) is 65.4 Å². The van der Waals surface area contributed by atoms with Gasteiger partial charge in [-0.25, -0.2) is 0 Å². The first kappa shape index (κ1) is 23.3. The van der Waals surface area contributed by atoms with Gasteiger partial charge in [0.25, 0.3) is 0 Å². The summed E-state index contributed by atoms with van der Waals surface area (Å²) in [6.07, 6.45) is 5.27. The molecule has 1 fully saturated rings. The van der Waals surface area contributed by atoms with E-state index in [1.165, 1.54) is 0 Å². The average Bonchev–Trinajstić information content (AvgIpc) is 2.90. The van der Waals surface area contributed by atoms with Gasteiger partial charge in [0.1, 0.15) is 30.0 Å². The molecule has 1 aliphatic heterocycles. The molecule has 35 heavy (non-hydrogen) atoms. The van der Waals surface area contributed by atoms with E-state index in [1.807, 2.05) is 48.5 Å². The first-order valence-corrected chi connectivity index (χ1v) is 12.2. The largest absolute Gasteiger partial charge is 0.497 e. The van der Waals surface area contributed by atoms with Gasteiger partial charge in [-0.3, -0.25) is 4.98 Å². The minimum atomic E-state index is -0.0799. The van der Waals surface area contributed by atoms with Crippen LogP contribution in [0.5, 0.6) is 17.5 Å². The van der Waals surface area contributed by atoms with Gasteiger partial charge in [-0.15, -0.1) is 0 Å². The van der Waals surface area contributed by atoms with E-state index in [4.69, 9.17) is 23.9 Å². The maximum atomic E-state index is 6.11. The van der Waals surface area contributed by atoms with Crippen molar-refractivity contribution < 1.29 is 18.9 Å². The predicted molar refractivity (Wildman–Crippen MR) is 137 cm³/mol. The van der Waals surface area contributed by atoms with Crippen molar-refractivity contribution in [2.24, 2.45) is 0 Å². The molecule has 1 unspecified atom stereocenters. The molecular formula is C26H25BrN4O4. The number of rotatable bonds is 8. The van der Waals surface area contributed by atoms with Crippen LogP contribution in [-0.2, 0) is 11.3 Å². The third-order valence-corrected chi connectivity index (χ3v) is 6.31. The summed E-state index contributed by atoms with van der Waals surface area (Å²) in [5.74, 6) is 2.06. The molecule has 8 nitrogen and oxygen atoms in total. The van der Waals surface area contributed by atoms with Gasteiger partial charge < -0.3 is 24.3 Å². The van der Waals surface area contributed by atoms with Gasteiger partial charge in [-0.2, -0.15) is 9.97 Å². The van der Waals surface area contributed by atoms with Gasteiger partial charge >= 0.3 is 6.01 Å². The molecule has 3 heterocycles. The normalized spacial score (nSPS) is 15.5. The Kier molecular flexibility index (Phi) is 7.25. The van der Waals surface area contributed by atoms with E-state index >= 15 is 0 Å². The summed E-state index contributed by atoms with van der Waals surface area (Å²) in [5, 5.41) is 4.24. The summed E-state index contributed by atoms with van der Waals surface area (Å²) < 4.78 is 23.9. The number of nitrogens with one attached hydrogen (secondary N) is 1. The zero-order chi connectivity index (χ0) is 24.0. The number of pyridine rings is 1. The SMILES string of the molecule is COc1ccc(Br)c(Nc2nc(OC3CCCOC3)nc3cc(OCc4ccncc4)ccc23)c1. The number of anilines is 2. The van der Waals surface area contributed by atoms with Crippen molar-refractivity contribution in [3.05, 3.63) is 71.0 Å². The molecule has 0 amide bonds. The molecule has 4 aromatic rings. The maximum Gasteiger partial charge on any atom is 0.319 e. The molecule has 1 saturated heterocycles. The molecule has 0 radical (unpaired) electrons. The van der Waals surface area contributed by atoms with E-state index in [1.54, 1.807) is 19.5 Å². The summed E-state index contributed by atoms with van der Waals surface area (Å²) in [5.41, 5.74) is 2.56. The summed E-state index contributed by atoms with van der Waals surface area (Å²) in [6, 6.07) is 15.6. The topological polar surface area (TPSA) is 87.6 Å². The Balaban J connectivity index is 1.48. The van der Waals surface area contributed by atoms with Crippen LogP contribution in [0.4, 0.5) is 11.5 Å². The Morgan fingerprint density at radius 1 is 1.06 bits per heavy atom. The van der Waals surface area contributed by atoms with E-state index < -0.39 is 0 Å². The summed E-state index contributed by atoms with van der Waals surface area (Å²) >= 11 is 3.60. The molecule has 9 heteroatoms. The van der Waals surface area contributed by atoms with Crippen LogP contribution in [0.25, 0.3) is 10.9 Å². The van der Waals surface area contributed by atoms with Crippen molar-refractivity contribution >= 4 is 38.3 Å². The highest BCUT2D eigenvalue weighted by Crippen LogP contribution is 2.34. The van der Waals surface area contributed by atoms with E-state index in [0.717, 1.165) is 46.3 Å². The number of halogens is 1. The van der Waals surface area contributed by atoms with Crippen molar-refractivity contribution in [2.75, 3.05) is 25.6 Å². The lowest BCUT2D eigenvalue weighted by molar-refractivity contribution is 0.00360. The van der Waals surface area contributed by atoms with Crippen molar-refractivity contribution in [3.8, 4) is 17.5 Å². The van der Waals surface area contributed by atoms with Crippen molar-refractivity contribution in [2.45, 2.75) is 25.6 Å². The monoisotopic (exact) mass is 536 g/mol. The molecule has 2 aromatic carbocycles. The van der Waals surface area contributed by atoms with Crippen molar-refractivity contribution in [3.63, 3.8) is 0 Å². The standard InChI is InChI=1S/C26H25BrN4O4/c1-32-18-5-7-22(27)24(13-18)29-25-21-6-4-19(34-15-17-8-10-28-11-9-17)14-23(21)30-26(31-25)35-20-3-2-12-33-16-20/h4-11,13-14,20H,2-3,12,15-16H2,1H3,(H,29,30,31). The molecule has 180 valence electrons. The molecule has 0 bridgehead atoms. The molecule has 1 aliphatic rings. The Labute approximate surface area is 211 Å². The molecule has 0 saturated carbocycles. The fraction of sp³-hybridized carbons (Fsp3) is 0.269. The van der Waals surface area contributed by atoms with Gasteiger partial charge in [-0.05, 0) is 70.7 Å². The molecular weight excluding hydrogens is 512 g/mol. The molecule has 1 atom stereocenters. The predicted octanol–water partition coefficient (Wildman–Crippen LogP) is 5.68. The van der Waals surface area contributed by atoms with Gasteiger partial charge in [0.2, 0.25) is 0 Å². The Bertz CT molecular complexity index is 1300. The number of ether oxygens (including phenoxy) is 4. The second kappa shape index (κ2) is 10.9.